The summed E-state index contributed by atoms with van der Waals surface area (Å²) < 4.78 is 1.82. The van der Waals surface area contributed by atoms with Crippen LogP contribution in [0.2, 0.25) is 0 Å². The fourth-order valence-electron chi connectivity index (χ4n) is 0.677. The molecule has 0 bridgehead atoms. The van der Waals surface area contributed by atoms with E-state index in [2.05, 4.69) is 17.1 Å². The molecule has 0 aliphatic heterocycles. The van der Waals surface area contributed by atoms with E-state index in [1.54, 1.807) is 6.33 Å². The zero-order valence-corrected chi connectivity index (χ0v) is 5.41. The molecule has 0 spiro atoms. The molecule has 0 aromatic carbocycles. The molecule has 2 N–H and O–H groups in total. The molecule has 9 heavy (non-hydrogen) atoms. The van der Waals surface area contributed by atoms with Crippen molar-refractivity contribution in [1.82, 2.24) is 14.8 Å². The summed E-state index contributed by atoms with van der Waals surface area (Å²) in [6, 6.07) is 0. The van der Waals surface area contributed by atoms with Crippen LogP contribution < -0.4 is 5.73 Å². The zero-order valence-electron chi connectivity index (χ0n) is 5.41. The van der Waals surface area contributed by atoms with Crippen molar-refractivity contribution >= 4 is 5.95 Å². The molecular weight excluding hydrogens is 116 g/mol. The van der Waals surface area contributed by atoms with Gasteiger partial charge in [0.25, 0.3) is 0 Å². The van der Waals surface area contributed by atoms with Gasteiger partial charge in [-0.2, -0.15) is 0 Å². The summed E-state index contributed by atoms with van der Waals surface area (Å²) in [6.07, 6.45) is 2.70. The van der Waals surface area contributed by atoms with Crippen molar-refractivity contribution < 1.29 is 0 Å². The Morgan fingerprint density at radius 3 is 3.00 bits per heavy atom. The highest BCUT2D eigenvalue weighted by Crippen LogP contribution is 1.95. The van der Waals surface area contributed by atoms with E-state index in [9.17, 15) is 0 Å². The van der Waals surface area contributed by atoms with Crippen molar-refractivity contribution in [1.29, 1.82) is 0 Å². The molecule has 0 saturated heterocycles. The Hall–Kier alpha value is -1.06. The van der Waals surface area contributed by atoms with Gasteiger partial charge in [0.15, 0.2) is 0 Å². The molecule has 0 aliphatic carbocycles. The van der Waals surface area contributed by atoms with Crippen LogP contribution in [0.4, 0.5) is 5.95 Å². The van der Waals surface area contributed by atoms with Gasteiger partial charge in [-0.25, -0.2) is 0 Å². The fourth-order valence-corrected chi connectivity index (χ4v) is 0.677. The summed E-state index contributed by atoms with van der Waals surface area (Å²) in [5, 5.41) is 7.25. The third kappa shape index (κ3) is 1.19. The zero-order chi connectivity index (χ0) is 6.69. The van der Waals surface area contributed by atoms with E-state index in [4.69, 9.17) is 5.73 Å². The van der Waals surface area contributed by atoms with E-state index in [0.29, 0.717) is 5.95 Å². The van der Waals surface area contributed by atoms with Crippen LogP contribution in [-0.4, -0.2) is 14.8 Å². The molecule has 1 aromatic heterocycles. The van der Waals surface area contributed by atoms with Gasteiger partial charge in [0, 0.05) is 6.54 Å². The van der Waals surface area contributed by atoms with Crippen LogP contribution in [0, 0.1) is 0 Å². The minimum atomic E-state index is 0.497. The maximum Gasteiger partial charge on any atom is 0.221 e. The van der Waals surface area contributed by atoms with E-state index in [1.807, 2.05) is 4.57 Å². The van der Waals surface area contributed by atoms with E-state index >= 15 is 0 Å². The first-order chi connectivity index (χ1) is 4.34. The van der Waals surface area contributed by atoms with Crippen molar-refractivity contribution in [2.45, 2.75) is 19.9 Å². The second-order valence-electron chi connectivity index (χ2n) is 1.88. The lowest BCUT2D eigenvalue weighted by Gasteiger charge is -1.96. The Morgan fingerprint density at radius 2 is 2.56 bits per heavy atom. The predicted octanol–water partition coefficient (Wildman–Crippen LogP) is 0.270. The number of nitrogens with zero attached hydrogens (tertiary/aromatic N) is 3. The molecule has 0 radical (unpaired) electrons. The highest BCUT2D eigenvalue weighted by Gasteiger charge is 1.93. The smallest absolute Gasteiger partial charge is 0.221 e. The van der Waals surface area contributed by atoms with Crippen LogP contribution in [-0.2, 0) is 6.54 Å². The average Bonchev–Trinajstić information content (AvgIpc) is 2.18. The average molecular weight is 126 g/mol. The lowest BCUT2D eigenvalue weighted by Crippen LogP contribution is -2.00. The maximum atomic E-state index is 5.42. The number of nitrogens with two attached hydrogens (primary N) is 1. The summed E-state index contributed by atoms with van der Waals surface area (Å²) in [5.74, 6) is 0.497. The molecule has 0 aliphatic rings. The van der Waals surface area contributed by atoms with Crippen molar-refractivity contribution in [2.24, 2.45) is 0 Å². The number of nitrogen functional groups attached to an aromatic ring is 1. The van der Waals surface area contributed by atoms with Gasteiger partial charge in [0.05, 0.1) is 0 Å². The van der Waals surface area contributed by atoms with E-state index in [1.165, 1.54) is 0 Å². The van der Waals surface area contributed by atoms with Crippen LogP contribution in [0.1, 0.15) is 13.3 Å². The van der Waals surface area contributed by atoms with Crippen molar-refractivity contribution in [3.05, 3.63) is 6.33 Å². The summed E-state index contributed by atoms with van der Waals surface area (Å²) in [5.41, 5.74) is 5.42. The molecule has 0 amide bonds. The van der Waals surface area contributed by atoms with Gasteiger partial charge >= 0.3 is 0 Å². The monoisotopic (exact) mass is 126 g/mol. The molecule has 1 rings (SSSR count). The number of aromatic nitrogens is 3. The molecular formula is C5H10N4. The van der Waals surface area contributed by atoms with Crippen LogP contribution in [0.25, 0.3) is 0 Å². The van der Waals surface area contributed by atoms with Crippen LogP contribution in [0.3, 0.4) is 0 Å². The summed E-state index contributed by atoms with van der Waals surface area (Å²) >= 11 is 0. The molecule has 4 nitrogen and oxygen atoms in total. The highest BCUT2D eigenvalue weighted by atomic mass is 15.3. The van der Waals surface area contributed by atoms with Gasteiger partial charge in [-0.3, -0.25) is 0 Å². The molecule has 1 heterocycles. The van der Waals surface area contributed by atoms with Gasteiger partial charge in [-0.15, -0.1) is 10.2 Å². The number of aryl methyl sites for hydroxylation is 1. The third-order valence-electron chi connectivity index (χ3n) is 1.11. The minimum absolute atomic E-state index is 0.497. The van der Waals surface area contributed by atoms with Gasteiger partial charge in [0.1, 0.15) is 6.33 Å². The third-order valence-corrected chi connectivity index (χ3v) is 1.11. The standard InChI is InChI=1S/C5H10N4/c1-2-3-9-4-7-8-5(9)6/h4H,2-3H2,1H3,(H2,6,8). The summed E-state index contributed by atoms with van der Waals surface area (Å²) in [7, 11) is 0. The highest BCUT2D eigenvalue weighted by molar-refractivity contribution is 5.12. The molecule has 4 heteroatoms. The fraction of sp³-hybridized carbons (Fsp3) is 0.600. The van der Waals surface area contributed by atoms with Crippen LogP contribution in [0.5, 0.6) is 0 Å². The number of hydrogen-bond donors (Lipinski definition) is 1. The Kier molecular flexibility index (Phi) is 1.67. The Labute approximate surface area is 53.7 Å². The molecule has 0 fully saturated rings. The molecule has 1 aromatic rings. The topological polar surface area (TPSA) is 56.7 Å². The molecule has 50 valence electrons. The van der Waals surface area contributed by atoms with E-state index in [-0.39, 0.29) is 0 Å². The van der Waals surface area contributed by atoms with Crippen LogP contribution >= 0.6 is 0 Å². The first-order valence-electron chi connectivity index (χ1n) is 2.98. The quantitative estimate of drug-likeness (QED) is 0.618. The van der Waals surface area contributed by atoms with Gasteiger partial charge in [-0.1, -0.05) is 6.92 Å². The molecule has 0 unspecified atom stereocenters. The Balaban J connectivity index is 2.69. The number of hydrogen-bond acceptors (Lipinski definition) is 3. The van der Waals surface area contributed by atoms with Gasteiger partial charge in [0.2, 0.25) is 5.95 Å². The minimum Gasteiger partial charge on any atom is -0.368 e. The molecule has 0 atom stereocenters. The lowest BCUT2D eigenvalue weighted by atomic mass is 10.5. The summed E-state index contributed by atoms with van der Waals surface area (Å²) in [4.78, 5) is 0. The number of anilines is 1. The number of rotatable bonds is 2. The first-order valence-corrected chi connectivity index (χ1v) is 2.98. The van der Waals surface area contributed by atoms with Crippen molar-refractivity contribution in [3.8, 4) is 0 Å². The lowest BCUT2D eigenvalue weighted by molar-refractivity contribution is 0.685. The molecule has 0 saturated carbocycles. The van der Waals surface area contributed by atoms with Gasteiger partial charge in [-0.05, 0) is 6.42 Å². The largest absolute Gasteiger partial charge is 0.368 e. The van der Waals surface area contributed by atoms with E-state index in [0.717, 1.165) is 13.0 Å². The van der Waals surface area contributed by atoms with Crippen LogP contribution in [0.15, 0.2) is 6.33 Å². The Morgan fingerprint density at radius 1 is 1.78 bits per heavy atom. The first kappa shape index (κ1) is 6.07. The van der Waals surface area contributed by atoms with Crippen molar-refractivity contribution in [3.63, 3.8) is 0 Å². The van der Waals surface area contributed by atoms with E-state index < -0.39 is 0 Å². The normalized spacial score (nSPS) is 9.89. The maximum absolute atomic E-state index is 5.42. The summed E-state index contributed by atoms with van der Waals surface area (Å²) in [6.45, 7) is 2.98. The second-order valence-corrected chi connectivity index (χ2v) is 1.88. The van der Waals surface area contributed by atoms with Gasteiger partial charge < -0.3 is 10.3 Å². The van der Waals surface area contributed by atoms with Crippen molar-refractivity contribution in [2.75, 3.05) is 5.73 Å². The predicted molar refractivity (Wildman–Crippen MR) is 34.7 cm³/mol. The second kappa shape index (κ2) is 2.48. The SMILES string of the molecule is CCCn1cnnc1N. The Bertz CT molecular complexity index is 181.